The Morgan fingerprint density at radius 2 is 2.07 bits per heavy atom. The molecule has 75 valence electrons. The third-order valence-corrected chi connectivity index (χ3v) is 1.70. The molecule has 2 aromatic rings. The first-order valence-electron chi connectivity index (χ1n) is 4.21. The molecule has 0 unspecified atom stereocenters. The van der Waals surface area contributed by atoms with E-state index in [0.717, 1.165) is 12.1 Å². The van der Waals surface area contributed by atoms with E-state index in [1.165, 1.54) is 18.3 Å². The molecule has 0 aliphatic rings. The van der Waals surface area contributed by atoms with Crippen molar-refractivity contribution in [3.8, 4) is 11.6 Å². The summed E-state index contributed by atoms with van der Waals surface area (Å²) in [6.45, 7) is 0. The maximum absolute atomic E-state index is 13.1. The highest BCUT2D eigenvalue weighted by Gasteiger charge is 2.05. The molecule has 2 rings (SSSR count). The summed E-state index contributed by atoms with van der Waals surface area (Å²) in [5.41, 5.74) is 0. The molecule has 1 radical (unpaired) electrons. The Bertz CT molecular complexity index is 459. The van der Waals surface area contributed by atoms with E-state index in [1.54, 1.807) is 6.07 Å². The van der Waals surface area contributed by atoms with Gasteiger partial charge in [0.25, 0.3) is 0 Å². The van der Waals surface area contributed by atoms with Crippen LogP contribution >= 0.6 is 0 Å². The maximum Gasteiger partial charge on any atom is 0.219 e. The minimum Gasteiger partial charge on any atom is -0.436 e. The van der Waals surface area contributed by atoms with Crippen molar-refractivity contribution in [2.75, 3.05) is 0 Å². The van der Waals surface area contributed by atoms with Crippen LogP contribution in [-0.2, 0) is 0 Å². The highest BCUT2D eigenvalue weighted by molar-refractivity contribution is 5.28. The average Bonchev–Trinajstić information content (AvgIpc) is 2.24. The first kappa shape index (κ1) is 9.58. The Morgan fingerprint density at radius 1 is 1.20 bits per heavy atom. The second-order valence-electron chi connectivity index (χ2n) is 2.77. The van der Waals surface area contributed by atoms with E-state index >= 15 is 0 Å². The zero-order valence-electron chi connectivity index (χ0n) is 7.58. The number of ether oxygens (including phenoxy) is 1. The Morgan fingerprint density at radius 3 is 2.73 bits per heavy atom. The van der Waals surface area contributed by atoms with Gasteiger partial charge in [-0.2, -0.15) is 0 Å². The van der Waals surface area contributed by atoms with E-state index < -0.39 is 11.6 Å². The zero-order valence-corrected chi connectivity index (χ0v) is 7.58. The topological polar surface area (TPSA) is 22.1 Å². The van der Waals surface area contributed by atoms with Crippen LogP contribution in [0.1, 0.15) is 0 Å². The predicted molar refractivity (Wildman–Crippen MR) is 49.5 cm³/mol. The summed E-state index contributed by atoms with van der Waals surface area (Å²) in [6.07, 6.45) is 1.40. The Hall–Kier alpha value is -1.97. The number of halogens is 2. The maximum atomic E-state index is 13.1. The number of nitrogens with zero attached hydrogens (tertiary/aromatic N) is 1. The van der Waals surface area contributed by atoms with Crippen molar-refractivity contribution in [3.05, 3.63) is 54.2 Å². The van der Waals surface area contributed by atoms with E-state index in [1.807, 2.05) is 0 Å². The summed E-state index contributed by atoms with van der Waals surface area (Å²) in [6, 6.07) is 8.90. The van der Waals surface area contributed by atoms with Crippen LogP contribution in [0.25, 0.3) is 0 Å². The van der Waals surface area contributed by atoms with Crippen LogP contribution < -0.4 is 4.74 Å². The first-order valence-corrected chi connectivity index (χ1v) is 4.21. The Labute approximate surface area is 85.2 Å². The molecule has 2 nitrogen and oxygen atoms in total. The fourth-order valence-corrected chi connectivity index (χ4v) is 1.04. The lowest BCUT2D eigenvalue weighted by Crippen LogP contribution is -1.90. The number of pyridine rings is 1. The summed E-state index contributed by atoms with van der Waals surface area (Å²) in [7, 11) is 0. The minimum atomic E-state index is -0.760. The highest BCUT2D eigenvalue weighted by Crippen LogP contribution is 2.22. The first-order chi connectivity index (χ1) is 7.25. The molecule has 0 N–H and O–H groups in total. The van der Waals surface area contributed by atoms with Gasteiger partial charge in [-0.1, -0.05) is 0 Å². The molecule has 0 spiro atoms. The quantitative estimate of drug-likeness (QED) is 0.753. The smallest absolute Gasteiger partial charge is 0.219 e. The lowest BCUT2D eigenvalue weighted by atomic mass is 10.3. The van der Waals surface area contributed by atoms with Gasteiger partial charge in [0.1, 0.15) is 5.82 Å². The van der Waals surface area contributed by atoms with Gasteiger partial charge in [0.15, 0.2) is 11.6 Å². The van der Waals surface area contributed by atoms with Crippen LogP contribution in [0, 0.1) is 17.7 Å². The fraction of sp³-hybridized carbons (Fsp3) is 0. The van der Waals surface area contributed by atoms with Gasteiger partial charge >= 0.3 is 0 Å². The van der Waals surface area contributed by atoms with E-state index in [-0.39, 0.29) is 11.6 Å². The second-order valence-corrected chi connectivity index (χ2v) is 2.77. The highest BCUT2D eigenvalue weighted by atomic mass is 19.1. The van der Waals surface area contributed by atoms with Crippen LogP contribution in [0.15, 0.2) is 36.5 Å². The van der Waals surface area contributed by atoms with Gasteiger partial charge < -0.3 is 4.74 Å². The van der Waals surface area contributed by atoms with Crippen LogP contribution in [0.5, 0.6) is 11.6 Å². The number of hydrogen-bond acceptors (Lipinski definition) is 2. The predicted octanol–water partition coefficient (Wildman–Crippen LogP) is 2.95. The van der Waals surface area contributed by atoms with Gasteiger partial charge in [-0.05, 0) is 18.2 Å². The summed E-state index contributed by atoms with van der Waals surface area (Å²) in [5, 5.41) is 0. The van der Waals surface area contributed by atoms with Gasteiger partial charge in [-0.3, -0.25) is 0 Å². The summed E-state index contributed by atoms with van der Waals surface area (Å²) < 4.78 is 30.8. The molecule has 0 fully saturated rings. The summed E-state index contributed by atoms with van der Waals surface area (Å²) in [4.78, 5) is 3.80. The van der Waals surface area contributed by atoms with Gasteiger partial charge in [0.05, 0.1) is 0 Å². The SMILES string of the molecule is Fc1ccc(Oc2cc[c]cn2)c(F)c1. The molecule has 0 saturated heterocycles. The molecular weight excluding hydrogens is 200 g/mol. The van der Waals surface area contributed by atoms with E-state index in [0.29, 0.717) is 0 Å². The molecule has 0 aliphatic heterocycles. The van der Waals surface area contributed by atoms with Crippen molar-refractivity contribution < 1.29 is 13.5 Å². The van der Waals surface area contributed by atoms with Crippen LogP contribution in [0.2, 0.25) is 0 Å². The van der Waals surface area contributed by atoms with Crippen molar-refractivity contribution in [1.82, 2.24) is 4.98 Å². The van der Waals surface area contributed by atoms with Crippen LogP contribution in [-0.4, -0.2) is 4.98 Å². The second kappa shape index (κ2) is 4.04. The van der Waals surface area contributed by atoms with E-state index in [2.05, 4.69) is 11.1 Å². The molecule has 0 atom stereocenters. The van der Waals surface area contributed by atoms with Crippen LogP contribution in [0.4, 0.5) is 8.78 Å². The number of aromatic nitrogens is 1. The number of rotatable bonds is 2. The van der Waals surface area contributed by atoms with Crippen molar-refractivity contribution in [2.24, 2.45) is 0 Å². The van der Waals surface area contributed by atoms with Crippen molar-refractivity contribution in [1.29, 1.82) is 0 Å². The molecule has 4 heteroatoms. The van der Waals surface area contributed by atoms with Gasteiger partial charge in [0, 0.05) is 24.4 Å². The molecule has 1 heterocycles. The normalized spacial score (nSPS) is 10.0. The van der Waals surface area contributed by atoms with Crippen LogP contribution in [0.3, 0.4) is 0 Å². The summed E-state index contributed by atoms with van der Waals surface area (Å²) in [5.74, 6) is -1.23. The standard InChI is InChI=1S/C11H6F2NO/c12-8-4-5-10(9(13)7-8)15-11-3-1-2-6-14-11/h1,3-7H. The van der Waals surface area contributed by atoms with Gasteiger partial charge in [0.2, 0.25) is 5.88 Å². The minimum absolute atomic E-state index is 0.0601. The molecule has 0 saturated carbocycles. The molecule has 1 aromatic heterocycles. The molecule has 1 aromatic carbocycles. The number of hydrogen-bond donors (Lipinski definition) is 0. The monoisotopic (exact) mass is 206 g/mol. The van der Waals surface area contributed by atoms with Gasteiger partial charge in [-0.25, -0.2) is 13.8 Å². The lowest BCUT2D eigenvalue weighted by Gasteiger charge is -2.04. The van der Waals surface area contributed by atoms with Crippen molar-refractivity contribution >= 4 is 0 Å². The largest absolute Gasteiger partial charge is 0.436 e. The Balaban J connectivity index is 2.25. The van der Waals surface area contributed by atoms with Crippen molar-refractivity contribution in [2.45, 2.75) is 0 Å². The molecule has 0 bridgehead atoms. The average molecular weight is 206 g/mol. The molecular formula is C11H6F2NO. The third kappa shape index (κ3) is 2.28. The molecule has 15 heavy (non-hydrogen) atoms. The third-order valence-electron chi connectivity index (χ3n) is 1.70. The summed E-state index contributed by atoms with van der Waals surface area (Å²) >= 11 is 0. The fourth-order valence-electron chi connectivity index (χ4n) is 1.04. The molecule has 0 amide bonds. The van der Waals surface area contributed by atoms with Crippen molar-refractivity contribution in [3.63, 3.8) is 0 Å². The Kier molecular flexibility index (Phi) is 2.58. The molecule has 0 aliphatic carbocycles. The van der Waals surface area contributed by atoms with E-state index in [9.17, 15) is 8.78 Å². The van der Waals surface area contributed by atoms with Gasteiger partial charge in [-0.15, -0.1) is 0 Å². The lowest BCUT2D eigenvalue weighted by molar-refractivity contribution is 0.423. The number of benzene rings is 1. The zero-order chi connectivity index (χ0) is 10.7. The van der Waals surface area contributed by atoms with E-state index in [4.69, 9.17) is 4.74 Å².